The Kier molecular flexibility index (Phi) is 3.87. The summed E-state index contributed by atoms with van der Waals surface area (Å²) in [4.78, 5) is 0. The van der Waals surface area contributed by atoms with E-state index in [4.69, 9.17) is 9.26 Å². The maximum atomic E-state index is 5.40. The molecule has 2 aromatic rings. The molecule has 4 nitrogen and oxygen atoms in total. The van der Waals surface area contributed by atoms with Gasteiger partial charge in [0.15, 0.2) is 0 Å². The summed E-state index contributed by atoms with van der Waals surface area (Å²) in [7, 11) is 0. The fourth-order valence-electron chi connectivity index (χ4n) is 1.78. The first-order valence-corrected chi connectivity index (χ1v) is 6.09. The van der Waals surface area contributed by atoms with Crippen LogP contribution in [0.3, 0.4) is 0 Å². The first-order valence-electron chi connectivity index (χ1n) is 6.09. The van der Waals surface area contributed by atoms with Crippen molar-refractivity contribution in [2.24, 2.45) is 0 Å². The second-order valence-electron chi connectivity index (χ2n) is 4.11. The van der Waals surface area contributed by atoms with E-state index in [0.29, 0.717) is 6.61 Å². The topological polar surface area (TPSA) is 47.3 Å². The van der Waals surface area contributed by atoms with E-state index in [1.54, 1.807) is 0 Å². The van der Waals surface area contributed by atoms with Gasteiger partial charge in [-0.25, -0.2) is 0 Å². The minimum atomic E-state index is 0.686. The maximum Gasteiger partial charge on any atom is 0.138 e. The zero-order chi connectivity index (χ0) is 13.0. The minimum absolute atomic E-state index is 0.686. The Labute approximate surface area is 107 Å². The van der Waals surface area contributed by atoms with Crippen molar-refractivity contribution >= 4 is 5.69 Å². The summed E-state index contributed by atoms with van der Waals surface area (Å²) in [5, 5.41) is 7.27. The number of benzene rings is 1. The molecule has 0 aliphatic carbocycles. The summed E-state index contributed by atoms with van der Waals surface area (Å²) >= 11 is 0. The van der Waals surface area contributed by atoms with Crippen LogP contribution < -0.4 is 10.1 Å². The molecule has 96 valence electrons. The van der Waals surface area contributed by atoms with E-state index in [0.717, 1.165) is 35.0 Å². The van der Waals surface area contributed by atoms with Gasteiger partial charge >= 0.3 is 0 Å². The maximum absolute atomic E-state index is 5.40. The van der Waals surface area contributed by atoms with Crippen LogP contribution in [0.2, 0.25) is 0 Å². The van der Waals surface area contributed by atoms with Crippen molar-refractivity contribution < 1.29 is 9.26 Å². The number of anilines is 1. The largest absolute Gasteiger partial charge is 0.494 e. The number of ether oxygens (including phenoxy) is 1. The first kappa shape index (κ1) is 12.5. The number of nitrogens with one attached hydrogen (secondary N) is 1. The number of aromatic nitrogens is 1. The van der Waals surface area contributed by atoms with Gasteiger partial charge in [0.05, 0.1) is 12.3 Å². The van der Waals surface area contributed by atoms with Crippen molar-refractivity contribution in [3.05, 3.63) is 41.3 Å². The number of rotatable bonds is 5. The molecule has 0 radical (unpaired) electrons. The monoisotopic (exact) mass is 246 g/mol. The number of nitrogens with zero attached hydrogens (tertiary/aromatic N) is 1. The summed E-state index contributed by atoms with van der Waals surface area (Å²) in [6.07, 6.45) is 0. The molecule has 0 amide bonds. The van der Waals surface area contributed by atoms with Crippen molar-refractivity contribution in [2.75, 3.05) is 11.9 Å². The van der Waals surface area contributed by atoms with E-state index in [-0.39, 0.29) is 0 Å². The second kappa shape index (κ2) is 5.58. The van der Waals surface area contributed by atoms with Crippen LogP contribution >= 0.6 is 0 Å². The molecule has 0 saturated heterocycles. The number of hydrogen-bond acceptors (Lipinski definition) is 4. The third-order valence-corrected chi connectivity index (χ3v) is 2.82. The molecular formula is C14H18N2O2. The molecule has 0 atom stereocenters. The van der Waals surface area contributed by atoms with Crippen LogP contribution in [0.4, 0.5) is 5.69 Å². The van der Waals surface area contributed by atoms with Gasteiger partial charge in [0, 0.05) is 17.8 Å². The smallest absolute Gasteiger partial charge is 0.138 e. The van der Waals surface area contributed by atoms with Gasteiger partial charge in [-0.3, -0.25) is 0 Å². The van der Waals surface area contributed by atoms with E-state index in [1.807, 2.05) is 45.0 Å². The number of aryl methyl sites for hydroxylation is 2. The predicted octanol–water partition coefficient (Wildman–Crippen LogP) is 3.30. The summed E-state index contributed by atoms with van der Waals surface area (Å²) < 4.78 is 10.5. The molecule has 0 bridgehead atoms. The fourth-order valence-corrected chi connectivity index (χ4v) is 1.78. The lowest BCUT2D eigenvalue weighted by Gasteiger charge is -2.07. The van der Waals surface area contributed by atoms with Gasteiger partial charge in [-0.2, -0.15) is 0 Å². The van der Waals surface area contributed by atoms with E-state index >= 15 is 0 Å². The Morgan fingerprint density at radius 3 is 2.50 bits per heavy atom. The van der Waals surface area contributed by atoms with Crippen LogP contribution in [0.5, 0.6) is 5.75 Å². The molecule has 1 aromatic carbocycles. The Morgan fingerprint density at radius 2 is 1.94 bits per heavy atom. The minimum Gasteiger partial charge on any atom is -0.494 e. The summed E-state index contributed by atoms with van der Waals surface area (Å²) in [5.74, 6) is 1.76. The lowest BCUT2D eigenvalue weighted by atomic mass is 10.2. The molecule has 4 heteroatoms. The number of hydrogen-bond donors (Lipinski definition) is 1. The lowest BCUT2D eigenvalue weighted by Crippen LogP contribution is -2.01. The Balaban J connectivity index is 1.98. The van der Waals surface area contributed by atoms with E-state index in [1.165, 1.54) is 0 Å². The van der Waals surface area contributed by atoms with E-state index in [9.17, 15) is 0 Å². The Morgan fingerprint density at radius 1 is 1.22 bits per heavy atom. The van der Waals surface area contributed by atoms with Gasteiger partial charge in [-0.1, -0.05) is 5.16 Å². The quantitative estimate of drug-likeness (QED) is 0.879. The Bertz CT molecular complexity index is 484. The summed E-state index contributed by atoms with van der Waals surface area (Å²) in [5.41, 5.74) is 3.10. The van der Waals surface area contributed by atoms with Gasteiger partial charge in [-0.05, 0) is 45.0 Å². The van der Waals surface area contributed by atoms with Gasteiger partial charge in [0.2, 0.25) is 0 Å². The van der Waals surface area contributed by atoms with Crippen LogP contribution in [0.1, 0.15) is 23.9 Å². The third-order valence-electron chi connectivity index (χ3n) is 2.82. The molecule has 1 heterocycles. The molecule has 0 saturated carbocycles. The zero-order valence-electron chi connectivity index (χ0n) is 11.0. The molecule has 2 rings (SSSR count). The zero-order valence-corrected chi connectivity index (χ0v) is 11.0. The van der Waals surface area contributed by atoms with Crippen LogP contribution in [-0.4, -0.2) is 11.8 Å². The second-order valence-corrected chi connectivity index (χ2v) is 4.11. The Hall–Kier alpha value is -1.97. The fraction of sp³-hybridized carbons (Fsp3) is 0.357. The van der Waals surface area contributed by atoms with Crippen molar-refractivity contribution in [1.82, 2.24) is 5.16 Å². The summed E-state index contributed by atoms with van der Waals surface area (Å²) in [6, 6.07) is 7.92. The van der Waals surface area contributed by atoms with Crippen molar-refractivity contribution in [2.45, 2.75) is 27.3 Å². The standard InChI is InChI=1S/C14H18N2O2/c1-4-17-13-7-5-12(6-8-13)15-9-14-10(2)16-18-11(14)3/h5-8,15H,4,9H2,1-3H3. The van der Waals surface area contributed by atoms with Crippen molar-refractivity contribution in [1.29, 1.82) is 0 Å². The molecular weight excluding hydrogens is 228 g/mol. The van der Waals surface area contributed by atoms with Gasteiger partial charge in [0.1, 0.15) is 11.5 Å². The van der Waals surface area contributed by atoms with Crippen LogP contribution in [-0.2, 0) is 6.54 Å². The highest BCUT2D eigenvalue weighted by atomic mass is 16.5. The van der Waals surface area contributed by atoms with Gasteiger partial charge < -0.3 is 14.6 Å². The molecule has 0 fully saturated rings. The lowest BCUT2D eigenvalue weighted by molar-refractivity contribution is 0.340. The molecule has 0 aliphatic heterocycles. The third kappa shape index (κ3) is 2.83. The van der Waals surface area contributed by atoms with Crippen molar-refractivity contribution in [3.8, 4) is 5.75 Å². The normalized spacial score (nSPS) is 10.4. The van der Waals surface area contributed by atoms with Crippen molar-refractivity contribution in [3.63, 3.8) is 0 Å². The van der Waals surface area contributed by atoms with Gasteiger partial charge in [0.25, 0.3) is 0 Å². The predicted molar refractivity (Wildman–Crippen MR) is 70.9 cm³/mol. The van der Waals surface area contributed by atoms with Gasteiger partial charge in [-0.15, -0.1) is 0 Å². The molecule has 0 aliphatic rings. The SMILES string of the molecule is CCOc1ccc(NCc2c(C)noc2C)cc1. The highest BCUT2D eigenvalue weighted by Crippen LogP contribution is 2.18. The summed E-state index contributed by atoms with van der Waals surface area (Å²) in [6.45, 7) is 7.26. The molecule has 1 aromatic heterocycles. The highest BCUT2D eigenvalue weighted by Gasteiger charge is 2.08. The van der Waals surface area contributed by atoms with Crippen LogP contribution in [0, 0.1) is 13.8 Å². The van der Waals surface area contributed by atoms with Crippen LogP contribution in [0.15, 0.2) is 28.8 Å². The first-order chi connectivity index (χ1) is 8.70. The average Bonchev–Trinajstić information content (AvgIpc) is 2.69. The highest BCUT2D eigenvalue weighted by molar-refractivity contribution is 5.47. The van der Waals surface area contributed by atoms with E-state index in [2.05, 4.69) is 10.5 Å². The van der Waals surface area contributed by atoms with E-state index < -0.39 is 0 Å². The molecule has 0 unspecified atom stereocenters. The molecule has 1 N–H and O–H groups in total. The molecule has 18 heavy (non-hydrogen) atoms. The molecule has 0 spiro atoms. The average molecular weight is 246 g/mol. The van der Waals surface area contributed by atoms with Crippen LogP contribution in [0.25, 0.3) is 0 Å².